The number of rotatable bonds is 3. The summed E-state index contributed by atoms with van der Waals surface area (Å²) in [5.41, 5.74) is 0.532. The lowest BCUT2D eigenvalue weighted by atomic mass is 10.2. The first-order valence-corrected chi connectivity index (χ1v) is 5.62. The number of esters is 2. The summed E-state index contributed by atoms with van der Waals surface area (Å²) in [5.74, 6) is -0.716. The minimum atomic E-state index is -0.588. The molecule has 0 saturated carbocycles. The average Bonchev–Trinajstić information content (AvgIpc) is 2.92. The second kappa shape index (κ2) is 5.37. The summed E-state index contributed by atoms with van der Waals surface area (Å²) in [7, 11) is 1.30. The maximum absolute atomic E-state index is 11.5. The Morgan fingerprint density at radius 1 is 1.17 bits per heavy atom. The van der Waals surface area contributed by atoms with E-state index >= 15 is 0 Å². The zero-order chi connectivity index (χ0) is 13.0. The monoisotopic (exact) mass is 264 g/mol. The van der Waals surface area contributed by atoms with Crippen LogP contribution in [0.3, 0.4) is 0 Å². The van der Waals surface area contributed by atoms with Gasteiger partial charge in [-0.25, -0.2) is 9.59 Å². The molecule has 0 bridgehead atoms. The summed E-state index contributed by atoms with van der Waals surface area (Å²) in [6.45, 7) is 0. The van der Waals surface area contributed by atoms with Crippen LogP contribution >= 0.6 is 11.7 Å². The van der Waals surface area contributed by atoms with Crippen molar-refractivity contribution in [3.8, 4) is 5.75 Å². The molecule has 0 amide bonds. The number of methoxy groups -OCH3 is 1. The highest BCUT2D eigenvalue weighted by Crippen LogP contribution is 2.14. The van der Waals surface area contributed by atoms with Crippen molar-refractivity contribution in [2.24, 2.45) is 0 Å². The number of ether oxygens (including phenoxy) is 2. The number of aromatic nitrogens is 2. The van der Waals surface area contributed by atoms with Gasteiger partial charge in [0.05, 0.1) is 30.6 Å². The van der Waals surface area contributed by atoms with Crippen molar-refractivity contribution in [1.29, 1.82) is 0 Å². The molecule has 18 heavy (non-hydrogen) atoms. The fourth-order valence-corrected chi connectivity index (χ4v) is 1.59. The molecule has 2 aromatic rings. The lowest BCUT2D eigenvalue weighted by Crippen LogP contribution is -2.09. The highest BCUT2D eigenvalue weighted by Gasteiger charge is 2.12. The highest BCUT2D eigenvalue weighted by atomic mass is 32.1. The first kappa shape index (κ1) is 12.2. The van der Waals surface area contributed by atoms with E-state index in [0.717, 1.165) is 11.7 Å². The van der Waals surface area contributed by atoms with Gasteiger partial charge in [0.25, 0.3) is 0 Å². The van der Waals surface area contributed by atoms with Crippen molar-refractivity contribution >= 4 is 23.7 Å². The molecule has 1 heterocycles. The van der Waals surface area contributed by atoms with Gasteiger partial charge in [-0.15, -0.1) is 0 Å². The van der Waals surface area contributed by atoms with Gasteiger partial charge in [-0.3, -0.25) is 0 Å². The summed E-state index contributed by atoms with van der Waals surface area (Å²) >= 11 is 0.926. The van der Waals surface area contributed by atoms with E-state index in [-0.39, 0.29) is 5.69 Å². The van der Waals surface area contributed by atoms with E-state index in [1.165, 1.54) is 37.6 Å². The van der Waals surface area contributed by atoms with E-state index < -0.39 is 11.9 Å². The summed E-state index contributed by atoms with van der Waals surface area (Å²) in [5, 5.41) is 0. The van der Waals surface area contributed by atoms with Gasteiger partial charge in [-0.2, -0.15) is 8.75 Å². The first-order chi connectivity index (χ1) is 8.70. The van der Waals surface area contributed by atoms with Crippen LogP contribution in [0.25, 0.3) is 0 Å². The third-order valence-corrected chi connectivity index (χ3v) is 2.53. The van der Waals surface area contributed by atoms with Crippen molar-refractivity contribution < 1.29 is 19.1 Å². The van der Waals surface area contributed by atoms with Crippen molar-refractivity contribution in [3.63, 3.8) is 0 Å². The molecule has 0 saturated heterocycles. The molecule has 0 aliphatic carbocycles. The van der Waals surface area contributed by atoms with E-state index in [9.17, 15) is 9.59 Å². The third kappa shape index (κ3) is 2.69. The van der Waals surface area contributed by atoms with Gasteiger partial charge in [0.15, 0.2) is 5.69 Å². The van der Waals surface area contributed by atoms with E-state index in [1.54, 1.807) is 0 Å². The number of nitrogens with zero attached hydrogens (tertiary/aromatic N) is 2. The second-order valence-electron chi connectivity index (χ2n) is 3.20. The molecule has 0 aliphatic heterocycles. The average molecular weight is 264 g/mol. The van der Waals surface area contributed by atoms with E-state index in [1.807, 2.05) is 0 Å². The molecule has 0 radical (unpaired) electrons. The Morgan fingerprint density at radius 3 is 2.44 bits per heavy atom. The van der Waals surface area contributed by atoms with Crippen molar-refractivity contribution in [2.45, 2.75) is 0 Å². The Kier molecular flexibility index (Phi) is 3.63. The Balaban J connectivity index is 2.07. The number of benzene rings is 1. The van der Waals surface area contributed by atoms with Crippen LogP contribution < -0.4 is 4.74 Å². The molecule has 0 atom stereocenters. The zero-order valence-corrected chi connectivity index (χ0v) is 10.1. The van der Waals surface area contributed by atoms with Crippen LogP contribution in [-0.2, 0) is 4.74 Å². The first-order valence-electron chi connectivity index (χ1n) is 4.89. The van der Waals surface area contributed by atoms with Crippen molar-refractivity contribution in [2.75, 3.05) is 7.11 Å². The van der Waals surface area contributed by atoms with Crippen LogP contribution in [0, 0.1) is 0 Å². The van der Waals surface area contributed by atoms with Crippen LogP contribution in [0.15, 0.2) is 30.5 Å². The van der Waals surface area contributed by atoms with Gasteiger partial charge in [0, 0.05) is 0 Å². The van der Waals surface area contributed by atoms with E-state index in [0.29, 0.717) is 11.3 Å². The van der Waals surface area contributed by atoms with Crippen LogP contribution in [-0.4, -0.2) is 27.8 Å². The fourth-order valence-electron chi connectivity index (χ4n) is 1.19. The molecule has 0 aliphatic rings. The maximum atomic E-state index is 11.5. The van der Waals surface area contributed by atoms with Crippen LogP contribution in [0.4, 0.5) is 0 Å². The molecule has 6 nitrogen and oxygen atoms in total. The number of hydrogen-bond acceptors (Lipinski definition) is 7. The van der Waals surface area contributed by atoms with Gasteiger partial charge in [-0.05, 0) is 24.3 Å². The predicted octanol–water partition coefficient (Wildman–Crippen LogP) is 1.54. The number of hydrogen-bond donors (Lipinski definition) is 0. The second-order valence-corrected chi connectivity index (χ2v) is 3.75. The standard InChI is InChI=1S/C11H8N2O4S/c1-16-10(14)7-2-4-8(5-3-7)17-11(15)9-6-12-18-13-9/h2-6H,1H3. The molecule has 92 valence electrons. The molecule has 2 rings (SSSR count). The SMILES string of the molecule is COC(=O)c1ccc(OC(=O)c2cnsn2)cc1. The summed E-state index contributed by atoms with van der Waals surface area (Å²) < 4.78 is 17.0. The molecule has 1 aromatic carbocycles. The van der Waals surface area contributed by atoms with Crippen LogP contribution in [0.1, 0.15) is 20.8 Å². The summed E-state index contributed by atoms with van der Waals surface area (Å²) in [4.78, 5) is 22.7. The Labute approximate surface area is 106 Å². The van der Waals surface area contributed by atoms with Crippen LogP contribution in [0.2, 0.25) is 0 Å². The molecule has 7 heteroatoms. The van der Waals surface area contributed by atoms with Gasteiger partial charge < -0.3 is 9.47 Å². The molecule has 1 aromatic heterocycles. The smallest absolute Gasteiger partial charge is 0.365 e. The predicted molar refractivity (Wildman–Crippen MR) is 62.6 cm³/mol. The van der Waals surface area contributed by atoms with Crippen molar-refractivity contribution in [1.82, 2.24) is 8.75 Å². The normalized spacial score (nSPS) is 9.83. The molecule has 0 spiro atoms. The number of carbonyl (C=O) groups excluding carboxylic acids is 2. The quantitative estimate of drug-likeness (QED) is 0.618. The molecular weight excluding hydrogens is 256 g/mol. The highest BCUT2D eigenvalue weighted by molar-refractivity contribution is 6.99. The Bertz CT molecular complexity index is 551. The maximum Gasteiger partial charge on any atom is 0.365 e. The molecule has 0 fully saturated rings. The number of carbonyl (C=O) groups is 2. The zero-order valence-electron chi connectivity index (χ0n) is 9.32. The lowest BCUT2D eigenvalue weighted by molar-refractivity contribution is 0.0600. The van der Waals surface area contributed by atoms with Gasteiger partial charge >= 0.3 is 11.9 Å². The van der Waals surface area contributed by atoms with E-state index in [4.69, 9.17) is 4.74 Å². The largest absolute Gasteiger partial charge is 0.465 e. The van der Waals surface area contributed by atoms with Gasteiger partial charge in [0.2, 0.25) is 0 Å². The van der Waals surface area contributed by atoms with Crippen LogP contribution in [0.5, 0.6) is 5.75 Å². The molecular formula is C11H8N2O4S. The van der Waals surface area contributed by atoms with Gasteiger partial charge in [0.1, 0.15) is 5.75 Å². The summed E-state index contributed by atoms with van der Waals surface area (Å²) in [6, 6.07) is 6.02. The lowest BCUT2D eigenvalue weighted by Gasteiger charge is -2.03. The summed E-state index contributed by atoms with van der Waals surface area (Å²) in [6.07, 6.45) is 1.33. The Hall–Kier alpha value is -2.28. The van der Waals surface area contributed by atoms with E-state index in [2.05, 4.69) is 13.5 Å². The topological polar surface area (TPSA) is 78.4 Å². The Morgan fingerprint density at radius 2 is 1.89 bits per heavy atom. The minimum absolute atomic E-state index is 0.150. The molecule has 0 N–H and O–H groups in total. The minimum Gasteiger partial charge on any atom is -0.465 e. The molecule has 0 unspecified atom stereocenters. The van der Waals surface area contributed by atoms with Crippen molar-refractivity contribution in [3.05, 3.63) is 41.7 Å². The van der Waals surface area contributed by atoms with Gasteiger partial charge in [-0.1, -0.05) is 0 Å². The third-order valence-electron chi connectivity index (χ3n) is 2.06. The fraction of sp³-hybridized carbons (Fsp3) is 0.0909.